The number of fused-ring (bicyclic) bond motifs is 1. The number of benzene rings is 3. The highest BCUT2D eigenvalue weighted by atomic mass is 16.5. The van der Waals surface area contributed by atoms with E-state index in [9.17, 15) is 9.90 Å². The van der Waals surface area contributed by atoms with E-state index in [1.807, 2.05) is 60.7 Å². The summed E-state index contributed by atoms with van der Waals surface area (Å²) >= 11 is 0. The van der Waals surface area contributed by atoms with Crippen LogP contribution in [0.4, 0.5) is 0 Å². The maximum absolute atomic E-state index is 12.8. The quantitative estimate of drug-likeness (QED) is 0.536. The van der Waals surface area contributed by atoms with Crippen LogP contribution in [0.1, 0.15) is 24.0 Å². The van der Waals surface area contributed by atoms with E-state index in [0.29, 0.717) is 19.6 Å². The van der Waals surface area contributed by atoms with E-state index in [-0.39, 0.29) is 12.0 Å². The van der Waals surface area contributed by atoms with Crippen molar-refractivity contribution in [3.05, 3.63) is 102 Å². The van der Waals surface area contributed by atoms with Crippen LogP contribution in [0, 0.1) is 11.3 Å². The third kappa shape index (κ3) is 4.37. The lowest BCUT2D eigenvalue weighted by Gasteiger charge is -2.43. The van der Waals surface area contributed by atoms with Gasteiger partial charge in [-0.15, -0.1) is 0 Å². The van der Waals surface area contributed by atoms with Gasteiger partial charge in [-0.1, -0.05) is 85.0 Å². The van der Waals surface area contributed by atoms with E-state index >= 15 is 0 Å². The van der Waals surface area contributed by atoms with Gasteiger partial charge in [0.1, 0.15) is 0 Å². The number of allylic oxidation sites excluding steroid dienone is 3. The Morgan fingerprint density at radius 3 is 2.64 bits per heavy atom. The highest BCUT2D eigenvalue weighted by Crippen LogP contribution is 2.46. The summed E-state index contributed by atoms with van der Waals surface area (Å²) in [6.07, 6.45) is 6.92. The molecule has 3 atom stereocenters. The molecule has 1 heterocycles. The molecule has 4 heteroatoms. The first-order valence-electron chi connectivity index (χ1n) is 11.6. The zero-order valence-corrected chi connectivity index (χ0v) is 18.6. The number of rotatable bonds is 6. The summed E-state index contributed by atoms with van der Waals surface area (Å²) in [5.74, 6) is -0.883. The van der Waals surface area contributed by atoms with E-state index < -0.39 is 11.4 Å². The number of carbonyl (C=O) groups is 1. The summed E-state index contributed by atoms with van der Waals surface area (Å²) in [7, 11) is 0. The fourth-order valence-corrected chi connectivity index (χ4v) is 5.31. The third-order valence-electron chi connectivity index (χ3n) is 7.08. The molecular formula is C29H29NO3. The van der Waals surface area contributed by atoms with Crippen LogP contribution in [-0.2, 0) is 16.1 Å². The van der Waals surface area contributed by atoms with Crippen molar-refractivity contribution in [3.8, 4) is 0 Å². The molecule has 0 bridgehead atoms. The summed E-state index contributed by atoms with van der Waals surface area (Å²) in [6.45, 7) is 1.92. The topological polar surface area (TPSA) is 58.6 Å². The Hall–Kier alpha value is -3.21. The summed E-state index contributed by atoms with van der Waals surface area (Å²) in [4.78, 5) is 12.8. The molecule has 1 unspecified atom stereocenters. The third-order valence-corrected chi connectivity index (χ3v) is 7.08. The van der Waals surface area contributed by atoms with Crippen LogP contribution < -0.4 is 5.32 Å². The molecule has 0 saturated carbocycles. The second-order valence-corrected chi connectivity index (χ2v) is 9.07. The molecule has 168 valence electrons. The van der Waals surface area contributed by atoms with Gasteiger partial charge >= 0.3 is 5.97 Å². The number of piperidine rings is 1. The molecule has 1 fully saturated rings. The predicted octanol–water partition coefficient (Wildman–Crippen LogP) is 5.45. The van der Waals surface area contributed by atoms with Gasteiger partial charge in [0.05, 0.1) is 18.1 Å². The second kappa shape index (κ2) is 9.34. The second-order valence-electron chi connectivity index (χ2n) is 9.07. The van der Waals surface area contributed by atoms with E-state index in [1.165, 1.54) is 10.8 Å². The van der Waals surface area contributed by atoms with Crippen LogP contribution in [0.15, 0.2) is 91.0 Å². The van der Waals surface area contributed by atoms with Crippen LogP contribution in [0.25, 0.3) is 16.3 Å². The first-order chi connectivity index (χ1) is 16.2. The normalized spacial score (nSPS) is 25.0. The van der Waals surface area contributed by atoms with Crippen molar-refractivity contribution in [1.29, 1.82) is 0 Å². The zero-order chi connectivity index (χ0) is 22.7. The van der Waals surface area contributed by atoms with Crippen molar-refractivity contribution in [2.75, 3.05) is 13.1 Å². The molecule has 3 aromatic carbocycles. The van der Waals surface area contributed by atoms with Crippen LogP contribution in [0.2, 0.25) is 0 Å². The van der Waals surface area contributed by atoms with Crippen LogP contribution in [0.3, 0.4) is 0 Å². The number of hydrogen-bond acceptors (Lipinski definition) is 3. The molecule has 0 amide bonds. The van der Waals surface area contributed by atoms with Gasteiger partial charge in [0, 0.05) is 12.5 Å². The van der Waals surface area contributed by atoms with Gasteiger partial charge in [-0.2, -0.15) is 0 Å². The Kier molecular flexibility index (Phi) is 6.12. The van der Waals surface area contributed by atoms with Gasteiger partial charge in [0.25, 0.3) is 0 Å². The minimum absolute atomic E-state index is 0.111. The smallest absolute Gasteiger partial charge is 0.314 e. The zero-order valence-electron chi connectivity index (χ0n) is 18.6. The Balaban J connectivity index is 1.38. The van der Waals surface area contributed by atoms with Crippen LogP contribution in [0.5, 0.6) is 0 Å². The molecule has 0 spiro atoms. The first-order valence-corrected chi connectivity index (χ1v) is 11.6. The molecule has 1 saturated heterocycles. The molecule has 5 rings (SSSR count). The lowest BCUT2D eigenvalue weighted by molar-refractivity contribution is -0.154. The molecular weight excluding hydrogens is 410 g/mol. The van der Waals surface area contributed by atoms with Crippen molar-refractivity contribution in [3.63, 3.8) is 0 Å². The number of carboxylic acids is 1. The highest BCUT2D eigenvalue weighted by Gasteiger charge is 2.49. The SMILES string of the molecule is O=C(O)C1([C@H]2CCNC[C@@H]2OCc2ccc3ccccc3c2)C=CC=C(c2ccccc2)C1. The minimum Gasteiger partial charge on any atom is -0.481 e. The van der Waals surface area contributed by atoms with E-state index in [0.717, 1.165) is 29.7 Å². The van der Waals surface area contributed by atoms with E-state index in [4.69, 9.17) is 4.74 Å². The standard InChI is InChI=1S/C29H29NO3/c31-28(32)29(15-6-11-25(18-29)22-7-2-1-3-8-22)26-14-16-30-19-27(26)33-20-21-12-13-23-9-4-5-10-24(23)17-21/h1-13,15,17,26-27,30H,14,16,18-20H2,(H,31,32)/t26-,27-,29?/m0/s1. The molecule has 33 heavy (non-hydrogen) atoms. The number of carboxylic acid groups (broad SMARTS) is 1. The summed E-state index contributed by atoms with van der Waals surface area (Å²) in [5.41, 5.74) is 2.27. The molecule has 1 aliphatic heterocycles. The maximum Gasteiger partial charge on any atom is 0.314 e. The summed E-state index contributed by atoms with van der Waals surface area (Å²) in [5, 5.41) is 16.3. The number of nitrogens with one attached hydrogen (secondary N) is 1. The van der Waals surface area contributed by atoms with Crippen molar-refractivity contribution < 1.29 is 14.6 Å². The number of aliphatic carboxylic acids is 1. The fraction of sp³-hybridized carbons (Fsp3) is 0.276. The van der Waals surface area contributed by atoms with Crippen LogP contribution >= 0.6 is 0 Å². The average Bonchev–Trinajstić information content (AvgIpc) is 2.88. The molecule has 0 aromatic heterocycles. The van der Waals surface area contributed by atoms with Gasteiger partial charge in [-0.05, 0) is 52.9 Å². The predicted molar refractivity (Wildman–Crippen MR) is 132 cm³/mol. The van der Waals surface area contributed by atoms with Gasteiger partial charge in [-0.25, -0.2) is 0 Å². The summed E-state index contributed by atoms with van der Waals surface area (Å²) < 4.78 is 6.42. The molecule has 2 N–H and O–H groups in total. The Morgan fingerprint density at radius 2 is 1.82 bits per heavy atom. The van der Waals surface area contributed by atoms with Crippen molar-refractivity contribution in [2.45, 2.75) is 25.6 Å². The van der Waals surface area contributed by atoms with Gasteiger partial charge in [0.2, 0.25) is 0 Å². The van der Waals surface area contributed by atoms with Gasteiger partial charge in [0.15, 0.2) is 0 Å². The molecule has 1 aliphatic carbocycles. The number of hydrogen-bond donors (Lipinski definition) is 2. The van der Waals surface area contributed by atoms with Crippen molar-refractivity contribution in [1.82, 2.24) is 5.32 Å². The van der Waals surface area contributed by atoms with Gasteiger partial charge < -0.3 is 15.2 Å². The lowest BCUT2D eigenvalue weighted by Crippen LogP contribution is -2.52. The van der Waals surface area contributed by atoms with Crippen molar-refractivity contribution >= 4 is 22.3 Å². The Labute approximate surface area is 194 Å². The first kappa shape index (κ1) is 21.6. The van der Waals surface area contributed by atoms with E-state index in [1.54, 1.807) is 0 Å². The van der Waals surface area contributed by atoms with Crippen LogP contribution in [-0.4, -0.2) is 30.3 Å². The largest absolute Gasteiger partial charge is 0.481 e. The van der Waals surface area contributed by atoms with Gasteiger partial charge in [-0.3, -0.25) is 4.79 Å². The Bertz CT molecular complexity index is 1200. The Morgan fingerprint density at radius 1 is 1.03 bits per heavy atom. The molecule has 2 aliphatic rings. The lowest BCUT2D eigenvalue weighted by atomic mass is 9.64. The van der Waals surface area contributed by atoms with E-state index in [2.05, 4.69) is 35.6 Å². The number of ether oxygens (including phenoxy) is 1. The average molecular weight is 440 g/mol. The minimum atomic E-state index is -0.976. The highest BCUT2D eigenvalue weighted by molar-refractivity contribution is 5.84. The summed E-state index contributed by atoms with van der Waals surface area (Å²) in [6, 6.07) is 24.7. The monoisotopic (exact) mass is 439 g/mol. The maximum atomic E-state index is 12.8. The fourth-order valence-electron chi connectivity index (χ4n) is 5.31. The molecule has 3 aromatic rings. The molecule has 0 radical (unpaired) electrons. The molecule has 4 nitrogen and oxygen atoms in total. The van der Waals surface area contributed by atoms with Crippen molar-refractivity contribution in [2.24, 2.45) is 11.3 Å².